The summed E-state index contributed by atoms with van der Waals surface area (Å²) >= 11 is 0. The number of rotatable bonds is 7. The van der Waals surface area contributed by atoms with Crippen molar-refractivity contribution in [3.63, 3.8) is 0 Å². The molecule has 6 aromatic rings. The molecule has 0 fully saturated rings. The lowest BCUT2D eigenvalue weighted by molar-refractivity contribution is 0.585. The van der Waals surface area contributed by atoms with Gasteiger partial charge in [0.2, 0.25) is 0 Å². The summed E-state index contributed by atoms with van der Waals surface area (Å²) in [5, 5.41) is 5.50. The molecular formula is C55H54. The minimum absolute atomic E-state index is 0.0623. The summed E-state index contributed by atoms with van der Waals surface area (Å²) in [6, 6.07) is 45.7. The fourth-order valence-electron chi connectivity index (χ4n) is 8.94. The minimum Gasteiger partial charge on any atom is -0.0732 e. The maximum Gasteiger partial charge on any atom is 0.0217 e. The van der Waals surface area contributed by atoms with Gasteiger partial charge in [-0.05, 0) is 132 Å². The highest BCUT2D eigenvalue weighted by molar-refractivity contribution is 5.83. The highest BCUT2D eigenvalue weighted by Crippen LogP contribution is 2.43. The van der Waals surface area contributed by atoms with Gasteiger partial charge in [-0.2, -0.15) is 0 Å². The molecular weight excluding hydrogens is 661 g/mol. The van der Waals surface area contributed by atoms with E-state index in [4.69, 9.17) is 0 Å². The van der Waals surface area contributed by atoms with Crippen molar-refractivity contribution in [1.82, 2.24) is 0 Å². The van der Waals surface area contributed by atoms with Gasteiger partial charge in [-0.1, -0.05) is 192 Å². The zero-order chi connectivity index (χ0) is 38.5. The maximum absolute atomic E-state index is 2.57. The molecule has 0 saturated heterocycles. The number of hydrogen-bond acceptors (Lipinski definition) is 0. The monoisotopic (exact) mass is 714 g/mol. The van der Waals surface area contributed by atoms with E-state index < -0.39 is 0 Å². The lowest BCUT2D eigenvalue weighted by atomic mass is 9.73. The minimum atomic E-state index is -0.165. The standard InChI is InChI=1S/C55H54/c1-36-23-27-40(28-24-36)45-33-43-34-47-49(41-21-15-16-22-41)50(42-29-25-37(2)26-30-42)53(55(6,7)8)51(52(47)46(43)35-48(45)54(3,4)5)44(31-38-17-11-9-12-18-38)32-39-19-13-10-14-20-39/h9-30,33-35,41H,31-32H2,1-8H3. The van der Waals surface area contributed by atoms with Crippen molar-refractivity contribution in [1.29, 1.82) is 0 Å². The Morgan fingerprint density at radius 1 is 0.582 bits per heavy atom. The Morgan fingerprint density at radius 2 is 1.11 bits per heavy atom. The molecule has 0 radical (unpaired) electrons. The van der Waals surface area contributed by atoms with E-state index in [0.717, 1.165) is 12.8 Å². The largest absolute Gasteiger partial charge is 0.0732 e. The SMILES string of the molecule is Cc1ccc(-c2cc3c(cc2C(C)(C)C)=c2c(c(C4C=CC=C4)c(-c4ccc(C)cc4)c(C(C)(C)C)c2=C(Cc2ccccc2)Cc2ccccc2)C=3)cc1. The number of benzene rings is 6. The number of fused-ring (bicyclic) bond motifs is 2. The number of aryl methyl sites for hydroxylation is 2. The Kier molecular flexibility index (Phi) is 9.50. The summed E-state index contributed by atoms with van der Waals surface area (Å²) in [4.78, 5) is 0. The van der Waals surface area contributed by atoms with E-state index in [2.05, 4.69) is 207 Å². The van der Waals surface area contributed by atoms with E-state index in [1.165, 1.54) is 93.2 Å². The normalized spacial score (nSPS) is 13.5. The van der Waals surface area contributed by atoms with Crippen molar-refractivity contribution in [2.24, 2.45) is 0 Å². The summed E-state index contributed by atoms with van der Waals surface area (Å²) in [7, 11) is 0. The second-order valence-electron chi connectivity index (χ2n) is 17.9. The van der Waals surface area contributed by atoms with E-state index in [1.807, 2.05) is 0 Å². The summed E-state index contributed by atoms with van der Waals surface area (Å²) in [6.45, 7) is 18.8. The molecule has 2 aliphatic carbocycles. The Hall–Kier alpha value is -5.46. The average molecular weight is 715 g/mol. The molecule has 2 aliphatic rings. The second kappa shape index (κ2) is 14.3. The van der Waals surface area contributed by atoms with Crippen LogP contribution in [0.15, 0.2) is 146 Å². The molecule has 0 heteroatoms. The van der Waals surface area contributed by atoms with Crippen LogP contribution in [-0.4, -0.2) is 0 Å². The smallest absolute Gasteiger partial charge is 0.0217 e. The zero-order valence-corrected chi connectivity index (χ0v) is 33.9. The van der Waals surface area contributed by atoms with Crippen LogP contribution in [0.5, 0.6) is 0 Å². The number of allylic oxidation sites excluding steroid dienone is 4. The predicted molar refractivity (Wildman–Crippen MR) is 236 cm³/mol. The maximum atomic E-state index is 2.57. The van der Waals surface area contributed by atoms with Gasteiger partial charge in [0.15, 0.2) is 0 Å². The molecule has 0 spiro atoms. The Bertz CT molecular complexity index is 2620. The van der Waals surface area contributed by atoms with Crippen LogP contribution in [0.2, 0.25) is 0 Å². The Morgan fingerprint density at radius 3 is 1.62 bits per heavy atom. The molecule has 8 rings (SSSR count). The molecule has 0 saturated carbocycles. The molecule has 0 unspecified atom stereocenters. The molecule has 0 nitrogen and oxygen atoms in total. The zero-order valence-electron chi connectivity index (χ0n) is 33.9. The molecule has 0 amide bonds. The molecule has 0 atom stereocenters. The van der Waals surface area contributed by atoms with Gasteiger partial charge in [-0.3, -0.25) is 0 Å². The van der Waals surface area contributed by atoms with Gasteiger partial charge in [-0.15, -0.1) is 0 Å². The third-order valence-corrected chi connectivity index (χ3v) is 11.6. The fraction of sp³-hybridized carbons (Fsp3) is 0.236. The van der Waals surface area contributed by atoms with E-state index in [1.54, 1.807) is 0 Å². The summed E-state index contributed by atoms with van der Waals surface area (Å²) in [5.74, 6) is 0.177. The van der Waals surface area contributed by atoms with E-state index >= 15 is 0 Å². The Balaban J connectivity index is 1.65. The molecule has 55 heavy (non-hydrogen) atoms. The van der Waals surface area contributed by atoms with Gasteiger partial charge in [-0.25, -0.2) is 0 Å². The van der Waals surface area contributed by atoms with Crippen molar-refractivity contribution in [2.75, 3.05) is 0 Å². The third kappa shape index (κ3) is 7.12. The van der Waals surface area contributed by atoms with E-state index in [-0.39, 0.29) is 16.7 Å². The quantitative estimate of drug-likeness (QED) is 0.154. The van der Waals surface area contributed by atoms with Crippen molar-refractivity contribution in [3.8, 4) is 22.3 Å². The molecule has 0 aromatic heterocycles. The van der Waals surface area contributed by atoms with Gasteiger partial charge in [0, 0.05) is 5.92 Å². The molecule has 0 N–H and O–H groups in total. The highest BCUT2D eigenvalue weighted by atomic mass is 14.3. The first-order chi connectivity index (χ1) is 26.4. The lowest BCUT2D eigenvalue weighted by Gasteiger charge is -2.31. The fourth-order valence-corrected chi connectivity index (χ4v) is 8.94. The Labute approximate surface area is 328 Å². The van der Waals surface area contributed by atoms with Crippen LogP contribution < -0.4 is 10.4 Å². The third-order valence-electron chi connectivity index (χ3n) is 11.6. The number of hydrogen-bond donors (Lipinski definition) is 0. The van der Waals surface area contributed by atoms with Gasteiger partial charge in [0.1, 0.15) is 0 Å². The molecule has 0 aliphatic heterocycles. The summed E-state index contributed by atoms with van der Waals surface area (Å²) in [5.41, 5.74) is 17.4. The van der Waals surface area contributed by atoms with Crippen LogP contribution in [-0.2, 0) is 23.7 Å². The van der Waals surface area contributed by atoms with Crippen molar-refractivity contribution in [3.05, 3.63) is 211 Å². The first-order valence-corrected chi connectivity index (χ1v) is 20.1. The molecule has 6 aromatic carbocycles. The average Bonchev–Trinajstić information content (AvgIpc) is 3.82. The van der Waals surface area contributed by atoms with Crippen LogP contribution in [0.25, 0.3) is 33.9 Å². The topological polar surface area (TPSA) is 0 Å². The van der Waals surface area contributed by atoms with Gasteiger partial charge < -0.3 is 0 Å². The first-order valence-electron chi connectivity index (χ1n) is 20.1. The highest BCUT2D eigenvalue weighted by Gasteiger charge is 2.31. The van der Waals surface area contributed by atoms with Crippen molar-refractivity contribution in [2.45, 2.75) is 85.0 Å². The van der Waals surface area contributed by atoms with E-state index in [9.17, 15) is 0 Å². The van der Waals surface area contributed by atoms with Crippen LogP contribution >= 0.6 is 0 Å². The molecule has 274 valence electrons. The molecule has 0 bridgehead atoms. The lowest BCUT2D eigenvalue weighted by Crippen LogP contribution is -2.30. The van der Waals surface area contributed by atoms with E-state index in [0.29, 0.717) is 0 Å². The van der Waals surface area contributed by atoms with Gasteiger partial charge in [0.05, 0.1) is 0 Å². The molecule has 0 heterocycles. The first kappa shape index (κ1) is 36.5. The van der Waals surface area contributed by atoms with Crippen LogP contribution in [0.3, 0.4) is 0 Å². The van der Waals surface area contributed by atoms with Crippen molar-refractivity contribution < 1.29 is 0 Å². The van der Waals surface area contributed by atoms with Gasteiger partial charge in [0.25, 0.3) is 0 Å². The van der Waals surface area contributed by atoms with Crippen LogP contribution in [0.1, 0.15) is 92.0 Å². The van der Waals surface area contributed by atoms with Crippen LogP contribution in [0.4, 0.5) is 0 Å². The van der Waals surface area contributed by atoms with Crippen molar-refractivity contribution >= 4 is 11.6 Å². The summed E-state index contributed by atoms with van der Waals surface area (Å²) in [6.07, 6.45) is 13.6. The summed E-state index contributed by atoms with van der Waals surface area (Å²) < 4.78 is 0. The van der Waals surface area contributed by atoms with Gasteiger partial charge >= 0.3 is 0 Å². The predicted octanol–water partition coefficient (Wildman–Crippen LogP) is 12.5. The van der Waals surface area contributed by atoms with Crippen LogP contribution in [0, 0.1) is 24.3 Å². The second-order valence-corrected chi connectivity index (χ2v) is 17.9.